The SMILES string of the molecule is CCCc1[c]cc(-c2ccc(I)cc2)cc1. The van der Waals surface area contributed by atoms with Gasteiger partial charge in [-0.05, 0) is 70.0 Å². The van der Waals surface area contributed by atoms with Gasteiger partial charge in [-0.2, -0.15) is 0 Å². The summed E-state index contributed by atoms with van der Waals surface area (Å²) >= 11 is 2.32. The maximum absolute atomic E-state index is 3.35. The minimum Gasteiger partial charge on any atom is -0.0651 e. The van der Waals surface area contributed by atoms with Gasteiger partial charge in [-0.3, -0.25) is 0 Å². The summed E-state index contributed by atoms with van der Waals surface area (Å²) in [5.74, 6) is 0. The van der Waals surface area contributed by atoms with Crippen LogP contribution in [0.3, 0.4) is 0 Å². The van der Waals surface area contributed by atoms with Crippen molar-refractivity contribution in [3.05, 3.63) is 57.7 Å². The second kappa shape index (κ2) is 5.48. The van der Waals surface area contributed by atoms with E-state index in [9.17, 15) is 0 Å². The molecule has 81 valence electrons. The van der Waals surface area contributed by atoms with Crippen molar-refractivity contribution in [2.45, 2.75) is 19.8 Å². The Labute approximate surface area is 111 Å². The maximum atomic E-state index is 3.35. The Morgan fingerprint density at radius 1 is 1.00 bits per heavy atom. The predicted molar refractivity (Wildman–Crippen MR) is 77.4 cm³/mol. The Hall–Kier alpha value is -0.830. The Bertz CT molecular complexity index is 440. The lowest BCUT2D eigenvalue weighted by atomic mass is 10.0. The van der Waals surface area contributed by atoms with Crippen LogP contribution in [0, 0.1) is 9.64 Å². The summed E-state index contributed by atoms with van der Waals surface area (Å²) in [6.45, 7) is 2.20. The van der Waals surface area contributed by atoms with Crippen LogP contribution in [0.5, 0.6) is 0 Å². The van der Waals surface area contributed by atoms with Crippen molar-refractivity contribution < 1.29 is 0 Å². The van der Waals surface area contributed by atoms with Crippen molar-refractivity contribution in [1.29, 1.82) is 0 Å². The molecule has 0 aliphatic rings. The predicted octanol–water partition coefficient (Wildman–Crippen LogP) is 4.71. The van der Waals surface area contributed by atoms with Crippen LogP contribution in [0.4, 0.5) is 0 Å². The lowest BCUT2D eigenvalue weighted by molar-refractivity contribution is 0.920. The fourth-order valence-electron chi connectivity index (χ4n) is 1.70. The lowest BCUT2D eigenvalue weighted by Crippen LogP contribution is -1.84. The first-order chi connectivity index (χ1) is 7.79. The zero-order chi connectivity index (χ0) is 11.4. The van der Waals surface area contributed by atoms with E-state index in [1.807, 2.05) is 0 Å². The van der Waals surface area contributed by atoms with Crippen molar-refractivity contribution in [2.24, 2.45) is 0 Å². The van der Waals surface area contributed by atoms with Gasteiger partial charge in [-0.15, -0.1) is 0 Å². The summed E-state index contributed by atoms with van der Waals surface area (Å²) in [4.78, 5) is 0. The number of rotatable bonds is 3. The normalized spacial score (nSPS) is 10.4. The van der Waals surface area contributed by atoms with Crippen LogP contribution < -0.4 is 0 Å². The molecule has 0 amide bonds. The molecule has 0 fully saturated rings. The Balaban J connectivity index is 2.24. The molecule has 0 aromatic heterocycles. The first-order valence-electron chi connectivity index (χ1n) is 5.56. The number of hydrogen-bond donors (Lipinski definition) is 0. The minimum absolute atomic E-state index is 1.12. The fraction of sp³-hybridized carbons (Fsp3) is 0.200. The molecule has 0 spiro atoms. The smallest absolute Gasteiger partial charge is 0.0130 e. The van der Waals surface area contributed by atoms with E-state index in [2.05, 4.69) is 78.0 Å². The molecule has 0 nitrogen and oxygen atoms in total. The number of aryl methyl sites for hydroxylation is 1. The molecule has 0 bridgehead atoms. The van der Waals surface area contributed by atoms with Gasteiger partial charge >= 0.3 is 0 Å². The monoisotopic (exact) mass is 321 g/mol. The van der Waals surface area contributed by atoms with E-state index in [4.69, 9.17) is 0 Å². The summed E-state index contributed by atoms with van der Waals surface area (Å²) < 4.78 is 1.27. The van der Waals surface area contributed by atoms with Crippen LogP contribution in [-0.4, -0.2) is 0 Å². The standard InChI is InChI=1S/C15H14I/c1-2-3-12-4-6-13(7-5-12)14-8-10-15(16)11-9-14/h4,6-11H,2-3H2,1H3. The summed E-state index contributed by atoms with van der Waals surface area (Å²) in [5, 5.41) is 0. The zero-order valence-electron chi connectivity index (χ0n) is 9.33. The van der Waals surface area contributed by atoms with E-state index in [-0.39, 0.29) is 0 Å². The topological polar surface area (TPSA) is 0 Å². The lowest BCUT2D eigenvalue weighted by Gasteiger charge is -2.03. The molecule has 0 unspecified atom stereocenters. The molecule has 0 saturated carbocycles. The molecule has 16 heavy (non-hydrogen) atoms. The van der Waals surface area contributed by atoms with Crippen molar-refractivity contribution in [1.82, 2.24) is 0 Å². The molecule has 0 atom stereocenters. The molecular formula is C15H14I. The van der Waals surface area contributed by atoms with E-state index < -0.39 is 0 Å². The molecule has 1 heteroatoms. The highest BCUT2D eigenvalue weighted by Crippen LogP contribution is 2.20. The van der Waals surface area contributed by atoms with Gasteiger partial charge in [0.25, 0.3) is 0 Å². The van der Waals surface area contributed by atoms with Crippen molar-refractivity contribution >= 4 is 22.6 Å². The largest absolute Gasteiger partial charge is 0.0651 e. The average Bonchev–Trinajstić information content (AvgIpc) is 2.32. The number of halogens is 1. The third-order valence-electron chi connectivity index (χ3n) is 2.57. The first kappa shape index (κ1) is 11.6. The van der Waals surface area contributed by atoms with E-state index in [0.717, 1.165) is 6.42 Å². The molecule has 1 radical (unpaired) electrons. The fourth-order valence-corrected chi connectivity index (χ4v) is 2.06. The highest BCUT2D eigenvalue weighted by molar-refractivity contribution is 14.1. The van der Waals surface area contributed by atoms with Gasteiger partial charge in [-0.25, -0.2) is 0 Å². The molecule has 0 heterocycles. The average molecular weight is 321 g/mol. The van der Waals surface area contributed by atoms with E-state index >= 15 is 0 Å². The van der Waals surface area contributed by atoms with Crippen LogP contribution in [0.1, 0.15) is 18.9 Å². The molecule has 0 aliphatic heterocycles. The third kappa shape index (κ3) is 2.85. The highest BCUT2D eigenvalue weighted by atomic mass is 127. The van der Waals surface area contributed by atoms with Gasteiger partial charge in [0.05, 0.1) is 0 Å². The Kier molecular flexibility index (Phi) is 3.99. The quantitative estimate of drug-likeness (QED) is 0.718. The van der Waals surface area contributed by atoms with Crippen LogP contribution >= 0.6 is 22.6 Å². The molecule has 0 saturated heterocycles. The van der Waals surface area contributed by atoms with E-state index in [1.54, 1.807) is 0 Å². The molecule has 2 rings (SSSR count). The Morgan fingerprint density at radius 3 is 2.25 bits per heavy atom. The second-order valence-corrected chi connectivity index (χ2v) is 5.11. The Morgan fingerprint density at radius 2 is 1.69 bits per heavy atom. The van der Waals surface area contributed by atoms with Crippen LogP contribution in [0.2, 0.25) is 0 Å². The number of benzene rings is 2. The van der Waals surface area contributed by atoms with Gasteiger partial charge in [0.1, 0.15) is 0 Å². The van der Waals surface area contributed by atoms with Gasteiger partial charge in [0.15, 0.2) is 0 Å². The van der Waals surface area contributed by atoms with Crippen molar-refractivity contribution in [2.75, 3.05) is 0 Å². The second-order valence-electron chi connectivity index (χ2n) is 3.86. The van der Waals surface area contributed by atoms with Crippen LogP contribution in [0.15, 0.2) is 42.5 Å². The summed E-state index contributed by atoms with van der Waals surface area (Å²) in [5.41, 5.74) is 3.81. The van der Waals surface area contributed by atoms with Crippen molar-refractivity contribution in [3.63, 3.8) is 0 Å². The van der Waals surface area contributed by atoms with Gasteiger partial charge in [0, 0.05) is 3.57 Å². The van der Waals surface area contributed by atoms with Gasteiger partial charge < -0.3 is 0 Å². The molecular weight excluding hydrogens is 307 g/mol. The van der Waals surface area contributed by atoms with Gasteiger partial charge in [0.2, 0.25) is 0 Å². The van der Waals surface area contributed by atoms with Crippen molar-refractivity contribution in [3.8, 4) is 11.1 Å². The summed E-state index contributed by atoms with van der Waals surface area (Å²) in [7, 11) is 0. The molecule has 0 N–H and O–H groups in total. The number of hydrogen-bond acceptors (Lipinski definition) is 0. The van der Waals surface area contributed by atoms with E-state index in [0.29, 0.717) is 0 Å². The van der Waals surface area contributed by atoms with E-state index in [1.165, 1.54) is 26.7 Å². The molecule has 2 aromatic rings. The van der Waals surface area contributed by atoms with Crippen LogP contribution in [0.25, 0.3) is 11.1 Å². The third-order valence-corrected chi connectivity index (χ3v) is 3.29. The highest BCUT2D eigenvalue weighted by Gasteiger charge is 1.98. The summed E-state index contributed by atoms with van der Waals surface area (Å²) in [6.07, 6.45) is 2.30. The maximum Gasteiger partial charge on any atom is 0.0130 e. The van der Waals surface area contributed by atoms with Crippen LogP contribution in [-0.2, 0) is 6.42 Å². The van der Waals surface area contributed by atoms with Gasteiger partial charge in [-0.1, -0.05) is 37.6 Å². The molecule has 2 aromatic carbocycles. The first-order valence-corrected chi connectivity index (χ1v) is 6.64. The minimum atomic E-state index is 1.12. The zero-order valence-corrected chi connectivity index (χ0v) is 11.5. The molecule has 0 aliphatic carbocycles. The summed E-state index contributed by atoms with van der Waals surface area (Å²) in [6, 6.07) is 18.4.